The molecule has 53 heavy (non-hydrogen) atoms. The van der Waals surface area contributed by atoms with Crippen LogP contribution in [0.25, 0.3) is 0 Å². The second-order valence-electron chi connectivity index (χ2n) is 18.0. The zero-order valence-corrected chi connectivity index (χ0v) is 32.8. The SMILES string of the molecule is CCNC1CC2C=CCCC2CC1COC(=O)C12OC1(CC(CO)=C(C)CC1(C3CCNC(NCNC)C3)CCCCC1)C(=O)C1CCCCC1C2=O. The molecule has 0 amide bonds. The fourth-order valence-corrected chi connectivity index (χ4v) is 12.3. The fraction of sp³-hybridized carbons (Fsp3) is 0.837. The van der Waals surface area contributed by atoms with Gasteiger partial charge in [-0.25, -0.2) is 4.79 Å². The first-order valence-corrected chi connectivity index (χ1v) is 21.5. The molecule has 6 fully saturated rings. The van der Waals surface area contributed by atoms with Crippen LogP contribution in [0.2, 0.25) is 0 Å². The third-order valence-electron chi connectivity index (χ3n) is 15.1. The van der Waals surface area contributed by atoms with Gasteiger partial charge in [0.25, 0.3) is 5.60 Å². The van der Waals surface area contributed by atoms with Crippen LogP contribution in [-0.4, -0.2) is 86.1 Å². The van der Waals surface area contributed by atoms with E-state index in [4.69, 9.17) is 9.47 Å². The van der Waals surface area contributed by atoms with Gasteiger partial charge < -0.3 is 30.5 Å². The number of Topliss-reactive ketones (excluding diaryl/α,β-unsaturated/α-hetero) is 2. The zero-order valence-electron chi connectivity index (χ0n) is 32.8. The van der Waals surface area contributed by atoms with Crippen molar-refractivity contribution in [2.24, 2.45) is 40.9 Å². The quantitative estimate of drug-likeness (QED) is 0.0538. The number of piperidine rings is 1. The van der Waals surface area contributed by atoms with E-state index in [9.17, 15) is 19.5 Å². The third kappa shape index (κ3) is 7.39. The normalized spacial score (nSPS) is 39.7. The van der Waals surface area contributed by atoms with Crippen molar-refractivity contribution in [2.75, 3.05) is 40.0 Å². The van der Waals surface area contributed by atoms with E-state index in [-0.39, 0.29) is 54.7 Å². The zero-order chi connectivity index (χ0) is 37.2. The van der Waals surface area contributed by atoms with Crippen molar-refractivity contribution in [1.82, 2.24) is 21.3 Å². The molecule has 7 aliphatic rings. The van der Waals surface area contributed by atoms with Gasteiger partial charge in [0.05, 0.1) is 19.4 Å². The number of nitrogens with one attached hydrogen (secondary N) is 4. The van der Waals surface area contributed by atoms with Crippen LogP contribution < -0.4 is 21.3 Å². The number of carbonyl (C=O) groups excluding carboxylic acids is 3. The summed E-state index contributed by atoms with van der Waals surface area (Å²) in [4.78, 5) is 43.7. The first kappa shape index (κ1) is 39.3. The topological polar surface area (TPSA) is 141 Å². The largest absolute Gasteiger partial charge is 0.463 e. The van der Waals surface area contributed by atoms with E-state index in [0.29, 0.717) is 30.6 Å². The summed E-state index contributed by atoms with van der Waals surface area (Å²) < 4.78 is 12.6. The van der Waals surface area contributed by atoms with Gasteiger partial charge in [-0.05, 0) is 126 Å². The van der Waals surface area contributed by atoms with Crippen LogP contribution in [-0.2, 0) is 23.9 Å². The van der Waals surface area contributed by atoms with Crippen LogP contribution in [0.3, 0.4) is 0 Å². The second-order valence-corrected chi connectivity index (χ2v) is 18.0. The van der Waals surface area contributed by atoms with Gasteiger partial charge in [-0.3, -0.25) is 14.9 Å². The van der Waals surface area contributed by atoms with Crippen molar-refractivity contribution in [2.45, 2.75) is 146 Å². The van der Waals surface area contributed by atoms with Crippen molar-refractivity contribution >= 4 is 17.5 Å². The van der Waals surface area contributed by atoms with Crippen LogP contribution in [0.15, 0.2) is 23.3 Å². The number of aliphatic hydroxyl groups excluding tert-OH is 1. The second kappa shape index (κ2) is 16.6. The lowest BCUT2D eigenvalue weighted by Crippen LogP contribution is -2.58. The van der Waals surface area contributed by atoms with Crippen molar-refractivity contribution in [1.29, 1.82) is 0 Å². The lowest BCUT2D eigenvalue weighted by molar-refractivity contribution is -0.160. The Morgan fingerprint density at radius 2 is 1.75 bits per heavy atom. The predicted molar refractivity (Wildman–Crippen MR) is 205 cm³/mol. The Morgan fingerprint density at radius 1 is 0.981 bits per heavy atom. The maximum Gasteiger partial charge on any atom is 0.350 e. The van der Waals surface area contributed by atoms with Crippen molar-refractivity contribution in [3.05, 3.63) is 23.3 Å². The lowest BCUT2D eigenvalue weighted by atomic mass is 9.59. The molecular weight excluding hydrogens is 668 g/mol. The summed E-state index contributed by atoms with van der Waals surface area (Å²) >= 11 is 0. The van der Waals surface area contributed by atoms with Crippen LogP contribution >= 0.6 is 0 Å². The monoisotopic (exact) mass is 737 g/mol. The molecule has 5 N–H and O–H groups in total. The van der Waals surface area contributed by atoms with Crippen molar-refractivity contribution in [3.63, 3.8) is 0 Å². The summed E-state index contributed by atoms with van der Waals surface area (Å²) in [5.74, 6) is -0.223. The summed E-state index contributed by atoms with van der Waals surface area (Å²) in [7, 11) is 1.96. The standard InChI is InChI=1S/C43H68N4O6/c1-4-45-36-21-30-13-7-6-12-29(30)20-31(36)26-52-40(51)43-39(50)35-15-9-8-14-34(35)38(49)42(43,53-43)24-32(25-48)28(2)23-41(17-10-5-11-18-41)33-16-19-46-37(22-33)47-27-44-3/h7,13,29-31,33-37,44-48H,4-6,8-12,14-27H2,1-3H3. The number of aliphatic hydroxyl groups is 1. The molecule has 2 saturated heterocycles. The Kier molecular flexibility index (Phi) is 12.3. The summed E-state index contributed by atoms with van der Waals surface area (Å²) in [5, 5.41) is 25.1. The van der Waals surface area contributed by atoms with Crippen LogP contribution in [0.1, 0.15) is 123 Å². The highest BCUT2D eigenvalue weighted by atomic mass is 16.7. The van der Waals surface area contributed by atoms with Crippen LogP contribution in [0.5, 0.6) is 0 Å². The van der Waals surface area contributed by atoms with E-state index >= 15 is 0 Å². The molecule has 0 aromatic rings. The number of allylic oxidation sites excluding steroid dienone is 3. The summed E-state index contributed by atoms with van der Waals surface area (Å²) in [6.07, 6.45) is 21.2. The number of hydrogen-bond acceptors (Lipinski definition) is 10. The highest BCUT2D eigenvalue weighted by Crippen LogP contribution is 2.62. The minimum absolute atomic E-state index is 0.0758. The number of ketones is 2. The predicted octanol–water partition coefficient (Wildman–Crippen LogP) is 5.10. The van der Waals surface area contributed by atoms with Gasteiger partial charge in [0, 0.05) is 36.9 Å². The van der Waals surface area contributed by atoms with E-state index in [1.54, 1.807) is 0 Å². The van der Waals surface area contributed by atoms with E-state index in [1.165, 1.54) is 19.3 Å². The Hall–Kier alpha value is -1.95. The Balaban J connectivity index is 1.13. The van der Waals surface area contributed by atoms with Gasteiger partial charge in [0.15, 0.2) is 17.2 Å². The molecule has 10 nitrogen and oxygen atoms in total. The van der Waals surface area contributed by atoms with Gasteiger partial charge >= 0.3 is 5.97 Å². The molecular formula is C43H68N4O6. The first-order valence-electron chi connectivity index (χ1n) is 21.5. The summed E-state index contributed by atoms with van der Waals surface area (Å²) in [6, 6.07) is 0.221. The lowest BCUT2D eigenvalue weighted by Gasteiger charge is -2.48. The van der Waals surface area contributed by atoms with E-state index in [0.717, 1.165) is 102 Å². The smallest absolute Gasteiger partial charge is 0.350 e. The highest BCUT2D eigenvalue weighted by Gasteiger charge is 2.87. The molecule has 7 rings (SSSR count). The molecule has 10 heteroatoms. The van der Waals surface area contributed by atoms with Gasteiger partial charge in [-0.1, -0.05) is 56.8 Å². The number of rotatable bonds is 14. The number of hydrogen-bond donors (Lipinski definition) is 5. The van der Waals surface area contributed by atoms with Crippen molar-refractivity contribution in [3.8, 4) is 0 Å². The molecule has 0 bridgehead atoms. The van der Waals surface area contributed by atoms with E-state index < -0.39 is 29.0 Å². The molecule has 0 spiro atoms. The summed E-state index contributed by atoms with van der Waals surface area (Å²) in [5.41, 5.74) is -1.57. The van der Waals surface area contributed by atoms with E-state index in [1.807, 2.05) is 7.05 Å². The Bertz CT molecular complexity index is 1410. The third-order valence-corrected chi connectivity index (χ3v) is 15.1. The molecule has 0 aromatic carbocycles. The molecule has 296 valence electrons. The maximum absolute atomic E-state index is 14.7. The van der Waals surface area contributed by atoms with Gasteiger partial charge in [0.1, 0.15) is 0 Å². The first-order chi connectivity index (χ1) is 25.7. The molecule has 0 aromatic heterocycles. The van der Waals surface area contributed by atoms with Gasteiger partial charge in [0.2, 0.25) is 0 Å². The number of carbonyl (C=O) groups is 3. The minimum Gasteiger partial charge on any atom is -0.463 e. The van der Waals surface area contributed by atoms with Gasteiger partial charge in [-0.2, -0.15) is 0 Å². The number of epoxide rings is 1. The molecule has 2 aliphatic heterocycles. The number of esters is 1. The molecule has 10 atom stereocenters. The average molecular weight is 737 g/mol. The maximum atomic E-state index is 14.7. The molecule has 2 heterocycles. The summed E-state index contributed by atoms with van der Waals surface area (Å²) in [6.45, 7) is 6.76. The van der Waals surface area contributed by atoms with Crippen LogP contribution in [0.4, 0.5) is 0 Å². The molecule has 0 radical (unpaired) electrons. The van der Waals surface area contributed by atoms with Gasteiger partial charge in [-0.15, -0.1) is 0 Å². The Morgan fingerprint density at radius 3 is 2.49 bits per heavy atom. The number of fused-ring (bicyclic) bond motifs is 3. The average Bonchev–Trinajstić information content (AvgIpc) is 3.89. The molecule has 10 unspecified atom stereocenters. The van der Waals surface area contributed by atoms with Crippen LogP contribution in [0, 0.1) is 40.9 Å². The number of ether oxygens (including phenoxy) is 2. The molecule has 5 aliphatic carbocycles. The minimum atomic E-state index is -1.91. The van der Waals surface area contributed by atoms with Crippen molar-refractivity contribution < 1.29 is 29.0 Å². The molecule has 4 saturated carbocycles. The highest BCUT2D eigenvalue weighted by molar-refractivity contribution is 6.23. The fourth-order valence-electron chi connectivity index (χ4n) is 12.3. The Labute approximate surface area is 317 Å². The van der Waals surface area contributed by atoms with E-state index in [2.05, 4.69) is 47.3 Å².